The van der Waals surface area contributed by atoms with Gasteiger partial charge in [0.25, 0.3) is 15.5 Å². The maximum absolute atomic E-state index is 12.8. The highest BCUT2D eigenvalue weighted by molar-refractivity contribution is 8.28. The number of nitrogens with one attached hydrogen (secondary N) is 1. The Hall–Kier alpha value is -3.91. The van der Waals surface area contributed by atoms with E-state index in [2.05, 4.69) is 5.32 Å². The van der Waals surface area contributed by atoms with Crippen LogP contribution in [0.15, 0.2) is 41.3 Å². The van der Waals surface area contributed by atoms with Crippen molar-refractivity contribution in [1.82, 2.24) is 0 Å². The van der Waals surface area contributed by atoms with E-state index in [1.807, 2.05) is 6.92 Å². The fourth-order valence-electron chi connectivity index (χ4n) is 3.29. The highest BCUT2D eigenvalue weighted by atomic mass is 32.3. The van der Waals surface area contributed by atoms with E-state index in [0.717, 1.165) is 6.42 Å². The summed E-state index contributed by atoms with van der Waals surface area (Å²) in [5, 5.41) is 35.0. The number of carbonyl (C=O) groups is 1. The van der Waals surface area contributed by atoms with Crippen LogP contribution in [0.2, 0.25) is 0 Å². The van der Waals surface area contributed by atoms with Crippen molar-refractivity contribution in [2.45, 2.75) is 30.8 Å². The van der Waals surface area contributed by atoms with Crippen LogP contribution in [0, 0.1) is 25.1 Å². The number of hydrogen-bond acceptors (Lipinski definition) is 12. The topological polar surface area (TPSA) is 238 Å². The van der Waals surface area contributed by atoms with E-state index in [1.54, 1.807) is 24.3 Å². The lowest BCUT2D eigenvalue weighted by Crippen LogP contribution is -2.23. The summed E-state index contributed by atoms with van der Waals surface area (Å²) >= 11 is 0. The average Bonchev–Trinajstić information content (AvgIpc) is 2.90. The summed E-state index contributed by atoms with van der Waals surface area (Å²) in [7, 11) is -7.89. The molecule has 1 unspecified atom stereocenters. The zero-order chi connectivity index (χ0) is 31.7. The fraction of sp³-hybridized carbons (Fsp3) is 0.435. The van der Waals surface area contributed by atoms with Gasteiger partial charge in [-0.1, -0.05) is 6.92 Å². The van der Waals surface area contributed by atoms with Gasteiger partial charge in [-0.05, 0) is 41.0 Å². The first-order valence-corrected chi connectivity index (χ1v) is 16.1. The summed E-state index contributed by atoms with van der Waals surface area (Å²) in [5.74, 6) is -0.0734. The third-order valence-corrected chi connectivity index (χ3v) is 7.89. The van der Waals surface area contributed by atoms with Crippen LogP contribution in [0.1, 0.15) is 19.8 Å². The normalized spacial score (nSPS) is 12.7. The SMILES string of the molecule is CCCOCC(O)COc1ccc(NC(=O)CCS(C)(C)O[N+](=O)c2cc([N+](=O)[O-])cc([N+](=O)[O-])c2S(=O)(=O)O)cc1. The van der Waals surface area contributed by atoms with Crippen molar-refractivity contribution in [3.63, 3.8) is 0 Å². The van der Waals surface area contributed by atoms with E-state index < -0.39 is 69.2 Å². The molecule has 0 heterocycles. The maximum atomic E-state index is 12.8. The van der Waals surface area contributed by atoms with E-state index in [4.69, 9.17) is 13.8 Å². The lowest BCUT2D eigenvalue weighted by molar-refractivity contribution is -0.698. The number of nitro benzene ring substituents is 2. The minimum Gasteiger partial charge on any atom is -0.491 e. The quantitative estimate of drug-likeness (QED) is 0.0980. The molecule has 0 saturated heterocycles. The first-order valence-electron chi connectivity index (χ1n) is 12.1. The molecule has 0 aliphatic carbocycles. The Morgan fingerprint density at radius 2 is 1.64 bits per heavy atom. The number of hydrogen-bond donors (Lipinski definition) is 3. The largest absolute Gasteiger partial charge is 0.491 e. The number of benzene rings is 2. The second kappa shape index (κ2) is 14.8. The summed E-state index contributed by atoms with van der Waals surface area (Å²) in [4.78, 5) is 43.4. The number of non-ortho nitro benzene ring substituents is 1. The van der Waals surface area contributed by atoms with Gasteiger partial charge < -0.3 is 19.9 Å². The Bertz CT molecular complexity index is 1420. The van der Waals surface area contributed by atoms with E-state index >= 15 is 0 Å². The molecule has 2 aromatic rings. The molecule has 42 heavy (non-hydrogen) atoms. The second-order valence-electron chi connectivity index (χ2n) is 9.14. The van der Waals surface area contributed by atoms with Crippen molar-refractivity contribution in [2.24, 2.45) is 0 Å². The van der Waals surface area contributed by atoms with Crippen LogP contribution < -0.4 is 10.1 Å². The third-order valence-electron chi connectivity index (χ3n) is 5.23. The number of rotatable bonds is 17. The van der Waals surface area contributed by atoms with Crippen molar-refractivity contribution < 1.29 is 51.4 Å². The highest BCUT2D eigenvalue weighted by Gasteiger charge is 2.42. The van der Waals surface area contributed by atoms with Crippen LogP contribution in [-0.4, -0.2) is 82.9 Å². The van der Waals surface area contributed by atoms with Gasteiger partial charge >= 0.3 is 21.5 Å². The molecule has 17 nitrogen and oxygen atoms in total. The first kappa shape index (κ1) is 34.3. The van der Waals surface area contributed by atoms with Gasteiger partial charge in [0.2, 0.25) is 5.91 Å². The summed E-state index contributed by atoms with van der Waals surface area (Å²) in [6.45, 7) is 2.63. The van der Waals surface area contributed by atoms with Crippen LogP contribution in [-0.2, 0) is 23.9 Å². The Morgan fingerprint density at radius 1 is 1.02 bits per heavy atom. The number of nitrogens with zero attached hydrogens (tertiary/aromatic N) is 3. The van der Waals surface area contributed by atoms with Gasteiger partial charge in [-0.25, -0.2) is 0 Å². The second-order valence-corrected chi connectivity index (χ2v) is 13.9. The zero-order valence-corrected chi connectivity index (χ0v) is 24.5. The monoisotopic (exact) mass is 635 g/mol. The van der Waals surface area contributed by atoms with E-state index in [0.29, 0.717) is 24.1 Å². The summed E-state index contributed by atoms with van der Waals surface area (Å²) in [6.07, 6.45) is 2.71. The fourth-order valence-corrected chi connectivity index (χ4v) is 5.28. The number of carbonyl (C=O) groups excluding carboxylic acids is 1. The molecule has 0 fully saturated rings. The molecule has 0 spiro atoms. The van der Waals surface area contributed by atoms with Gasteiger partial charge in [0.05, 0.1) is 27.4 Å². The van der Waals surface area contributed by atoms with E-state index in [1.165, 1.54) is 12.5 Å². The summed E-state index contributed by atoms with van der Waals surface area (Å²) < 4.78 is 49.2. The molecule has 0 aliphatic rings. The van der Waals surface area contributed by atoms with Gasteiger partial charge in [0, 0.05) is 37.0 Å². The predicted molar refractivity (Wildman–Crippen MR) is 151 cm³/mol. The molecule has 19 heteroatoms. The van der Waals surface area contributed by atoms with Gasteiger partial charge in [-0.15, -0.1) is 0 Å². The number of anilines is 1. The van der Waals surface area contributed by atoms with Crippen LogP contribution in [0.5, 0.6) is 5.75 Å². The van der Waals surface area contributed by atoms with E-state index in [9.17, 15) is 48.0 Å². The summed E-state index contributed by atoms with van der Waals surface area (Å²) in [5.41, 5.74) is -3.15. The van der Waals surface area contributed by atoms with Gasteiger partial charge in [-0.2, -0.15) is 12.7 Å². The van der Waals surface area contributed by atoms with Gasteiger partial charge in [0.15, 0.2) is 0 Å². The molecule has 2 aromatic carbocycles. The standard InChI is InChI=1S/C23H30N4O13S2/c1-4-10-38-14-18(28)15-39-19-7-5-16(6-8-19)24-22(29)9-11-41(2,3)40-27(34)21-13-17(25(30)31)12-20(26(32)33)23(21)42(35,36)37/h5-8,12-13,18,28H,4,9-11,14-15H2,1-3H3,(H-,24,29,35,36,37)/p+1. The smallest absolute Gasteiger partial charge is 0.352 e. The molecule has 232 valence electrons. The molecule has 3 N–H and O–H groups in total. The Balaban J connectivity index is 2.03. The Kier molecular flexibility index (Phi) is 12.1. The predicted octanol–water partition coefficient (Wildman–Crippen LogP) is 3.27. The van der Waals surface area contributed by atoms with Crippen molar-refractivity contribution in [3.05, 3.63) is 61.5 Å². The molecule has 0 bridgehead atoms. The highest BCUT2D eigenvalue weighted by Crippen LogP contribution is 2.45. The molecular formula is C23H31N4O13S2+. The van der Waals surface area contributed by atoms with E-state index in [-0.39, 0.29) is 31.5 Å². The Labute approximate surface area is 241 Å². The van der Waals surface area contributed by atoms with Crippen molar-refractivity contribution in [2.75, 3.05) is 43.4 Å². The Morgan fingerprint density at radius 3 is 2.19 bits per heavy atom. The van der Waals surface area contributed by atoms with Crippen LogP contribution in [0.25, 0.3) is 0 Å². The minimum absolute atomic E-state index is 0.0133. The molecule has 2 rings (SSSR count). The number of aliphatic hydroxyl groups excluding tert-OH is 1. The molecule has 1 amide bonds. The van der Waals surface area contributed by atoms with Crippen molar-refractivity contribution in [3.8, 4) is 5.75 Å². The van der Waals surface area contributed by atoms with Gasteiger partial charge in [0.1, 0.15) is 24.5 Å². The average molecular weight is 636 g/mol. The molecular weight excluding hydrogens is 604 g/mol. The van der Waals surface area contributed by atoms with Crippen LogP contribution in [0.4, 0.5) is 22.7 Å². The molecule has 0 radical (unpaired) electrons. The van der Waals surface area contributed by atoms with Gasteiger partial charge in [-0.3, -0.25) is 29.6 Å². The number of ether oxygens (including phenoxy) is 2. The van der Waals surface area contributed by atoms with Crippen molar-refractivity contribution >= 4 is 49.1 Å². The number of aliphatic hydroxyl groups is 1. The summed E-state index contributed by atoms with van der Waals surface area (Å²) in [6, 6.07) is 6.98. The molecule has 0 aromatic heterocycles. The van der Waals surface area contributed by atoms with Crippen LogP contribution >= 0.6 is 10.3 Å². The van der Waals surface area contributed by atoms with Crippen LogP contribution in [0.3, 0.4) is 0 Å². The first-order chi connectivity index (χ1) is 19.5. The lowest BCUT2D eigenvalue weighted by atomic mass is 10.2. The molecule has 0 saturated carbocycles. The lowest BCUT2D eigenvalue weighted by Gasteiger charge is -2.23. The maximum Gasteiger partial charge on any atom is 0.352 e. The third kappa shape index (κ3) is 10.5. The minimum atomic E-state index is -5.40. The molecule has 0 aliphatic heterocycles. The molecule has 1 atom stereocenters. The van der Waals surface area contributed by atoms with Crippen molar-refractivity contribution in [1.29, 1.82) is 0 Å². The zero-order valence-electron chi connectivity index (χ0n) is 22.8. The number of amides is 1. The number of nitro groups is 2.